The zero-order valence-electron chi connectivity index (χ0n) is 7.90. The Morgan fingerprint density at radius 2 is 2.21 bits per heavy atom. The van der Waals surface area contributed by atoms with Gasteiger partial charge in [-0.3, -0.25) is 9.59 Å². The molecule has 0 N–H and O–H groups in total. The number of amides is 2. The van der Waals surface area contributed by atoms with Crippen molar-refractivity contribution in [1.29, 1.82) is 0 Å². The van der Waals surface area contributed by atoms with Gasteiger partial charge in [0.1, 0.15) is 0 Å². The van der Waals surface area contributed by atoms with Gasteiger partial charge < -0.3 is 0 Å². The SMILES string of the molecule is CSSC1(C)SC(=S)N(C(C)=O)C1=O. The fraction of sp³-hybridized carbons (Fsp3) is 0.571. The van der Waals surface area contributed by atoms with Gasteiger partial charge in [0, 0.05) is 6.92 Å². The average molecular weight is 267 g/mol. The first-order valence-electron chi connectivity index (χ1n) is 3.72. The van der Waals surface area contributed by atoms with Gasteiger partial charge in [-0.15, -0.1) is 0 Å². The minimum Gasteiger partial charge on any atom is -0.274 e. The van der Waals surface area contributed by atoms with Gasteiger partial charge in [-0.1, -0.05) is 45.6 Å². The molecule has 0 aromatic carbocycles. The largest absolute Gasteiger partial charge is 0.274 e. The van der Waals surface area contributed by atoms with Gasteiger partial charge >= 0.3 is 0 Å². The summed E-state index contributed by atoms with van der Waals surface area (Å²) in [6.07, 6.45) is 1.89. The van der Waals surface area contributed by atoms with Crippen molar-refractivity contribution in [3.8, 4) is 0 Å². The highest BCUT2D eigenvalue weighted by molar-refractivity contribution is 8.79. The predicted octanol–water partition coefficient (Wildman–Crippen LogP) is 2.12. The lowest BCUT2D eigenvalue weighted by Crippen LogP contribution is -2.38. The van der Waals surface area contributed by atoms with Crippen molar-refractivity contribution in [2.24, 2.45) is 0 Å². The molecular formula is C7H9NO2S4. The molecular weight excluding hydrogens is 258 g/mol. The van der Waals surface area contributed by atoms with E-state index < -0.39 is 4.08 Å². The minimum atomic E-state index is -0.651. The van der Waals surface area contributed by atoms with E-state index in [0.29, 0.717) is 4.32 Å². The molecule has 1 saturated heterocycles. The number of carbonyl (C=O) groups is 2. The minimum absolute atomic E-state index is 0.223. The number of thiocarbonyl (C=S) groups is 1. The molecule has 78 valence electrons. The van der Waals surface area contributed by atoms with Gasteiger partial charge in [0.15, 0.2) is 8.40 Å². The number of imide groups is 1. The van der Waals surface area contributed by atoms with Crippen molar-refractivity contribution in [3.05, 3.63) is 0 Å². The van der Waals surface area contributed by atoms with E-state index in [1.807, 2.05) is 6.26 Å². The Balaban J connectivity index is 2.94. The molecule has 0 bridgehead atoms. The third kappa shape index (κ3) is 2.10. The maximum atomic E-state index is 11.8. The van der Waals surface area contributed by atoms with Gasteiger partial charge in [0.2, 0.25) is 5.91 Å². The van der Waals surface area contributed by atoms with Gasteiger partial charge in [0.25, 0.3) is 5.91 Å². The van der Waals surface area contributed by atoms with Crippen LogP contribution in [-0.4, -0.2) is 31.4 Å². The van der Waals surface area contributed by atoms with Crippen LogP contribution >= 0.6 is 45.6 Å². The molecule has 0 aromatic rings. The molecule has 1 heterocycles. The molecule has 0 aromatic heterocycles. The molecule has 0 aliphatic carbocycles. The van der Waals surface area contributed by atoms with Gasteiger partial charge in [-0.25, -0.2) is 4.90 Å². The number of hydrogen-bond acceptors (Lipinski definition) is 6. The normalized spacial score (nSPS) is 27.2. The van der Waals surface area contributed by atoms with Crippen LogP contribution in [0.4, 0.5) is 0 Å². The van der Waals surface area contributed by atoms with Crippen LogP contribution in [-0.2, 0) is 9.59 Å². The molecule has 1 atom stereocenters. The maximum Gasteiger partial charge on any atom is 0.262 e. The second kappa shape index (κ2) is 4.42. The van der Waals surface area contributed by atoms with Crippen LogP contribution in [0.5, 0.6) is 0 Å². The first kappa shape index (κ1) is 12.4. The van der Waals surface area contributed by atoms with Crippen molar-refractivity contribution >= 4 is 61.7 Å². The summed E-state index contributed by atoms with van der Waals surface area (Å²) < 4.78 is -0.297. The summed E-state index contributed by atoms with van der Waals surface area (Å²) in [5, 5.41) is 0. The number of rotatable bonds is 2. The summed E-state index contributed by atoms with van der Waals surface area (Å²) >= 11 is 6.25. The van der Waals surface area contributed by atoms with E-state index in [2.05, 4.69) is 0 Å². The van der Waals surface area contributed by atoms with E-state index in [1.54, 1.807) is 6.92 Å². The average Bonchev–Trinajstić information content (AvgIpc) is 2.23. The number of carbonyl (C=O) groups excluding carboxylic acids is 2. The maximum absolute atomic E-state index is 11.8. The van der Waals surface area contributed by atoms with Crippen LogP contribution in [0.15, 0.2) is 0 Å². The lowest BCUT2D eigenvalue weighted by atomic mass is 10.4. The smallest absolute Gasteiger partial charge is 0.262 e. The Labute approximate surface area is 100 Å². The Kier molecular flexibility index (Phi) is 3.90. The molecule has 0 spiro atoms. The molecule has 2 amide bonds. The highest BCUT2D eigenvalue weighted by Gasteiger charge is 2.49. The Morgan fingerprint density at radius 1 is 1.64 bits per heavy atom. The van der Waals surface area contributed by atoms with E-state index in [9.17, 15) is 9.59 Å². The lowest BCUT2D eigenvalue weighted by Gasteiger charge is -2.17. The van der Waals surface area contributed by atoms with Crippen molar-refractivity contribution in [3.63, 3.8) is 0 Å². The van der Waals surface area contributed by atoms with Crippen molar-refractivity contribution in [2.45, 2.75) is 17.9 Å². The zero-order valence-corrected chi connectivity index (χ0v) is 11.2. The summed E-state index contributed by atoms with van der Waals surface area (Å²) in [5.41, 5.74) is 0. The fourth-order valence-corrected chi connectivity index (χ4v) is 5.65. The first-order valence-corrected chi connectivity index (χ1v) is 7.50. The second-order valence-corrected chi connectivity index (χ2v) is 7.85. The molecule has 3 nitrogen and oxygen atoms in total. The highest BCUT2D eigenvalue weighted by Crippen LogP contribution is 2.49. The molecule has 0 saturated carbocycles. The molecule has 1 fully saturated rings. The lowest BCUT2D eigenvalue weighted by molar-refractivity contribution is -0.137. The van der Waals surface area contributed by atoms with Crippen molar-refractivity contribution in [1.82, 2.24) is 4.90 Å². The second-order valence-electron chi connectivity index (χ2n) is 2.72. The van der Waals surface area contributed by atoms with Gasteiger partial charge in [-0.2, -0.15) is 0 Å². The third-order valence-electron chi connectivity index (χ3n) is 1.61. The van der Waals surface area contributed by atoms with Crippen LogP contribution in [0.1, 0.15) is 13.8 Å². The van der Waals surface area contributed by atoms with Crippen LogP contribution in [0.3, 0.4) is 0 Å². The molecule has 1 aliphatic rings. The van der Waals surface area contributed by atoms with Crippen molar-refractivity contribution in [2.75, 3.05) is 6.26 Å². The molecule has 1 rings (SSSR count). The predicted molar refractivity (Wildman–Crippen MR) is 67.2 cm³/mol. The quantitative estimate of drug-likeness (QED) is 0.563. The van der Waals surface area contributed by atoms with Crippen LogP contribution in [0, 0.1) is 0 Å². The first-order chi connectivity index (χ1) is 6.42. The molecule has 14 heavy (non-hydrogen) atoms. The Hall–Kier alpha value is 0.280. The number of hydrogen-bond donors (Lipinski definition) is 0. The summed E-state index contributed by atoms with van der Waals surface area (Å²) in [5.74, 6) is -0.530. The van der Waals surface area contributed by atoms with E-state index >= 15 is 0 Å². The fourth-order valence-electron chi connectivity index (χ4n) is 1.03. The summed E-state index contributed by atoms with van der Waals surface area (Å²) in [7, 11) is 2.92. The summed E-state index contributed by atoms with van der Waals surface area (Å²) in [6.45, 7) is 3.14. The Bertz CT molecular complexity index is 306. The highest BCUT2D eigenvalue weighted by atomic mass is 33.1. The van der Waals surface area contributed by atoms with Gasteiger partial charge in [0.05, 0.1) is 0 Å². The summed E-state index contributed by atoms with van der Waals surface area (Å²) in [4.78, 5) is 24.1. The topological polar surface area (TPSA) is 37.4 Å². The van der Waals surface area contributed by atoms with Crippen molar-refractivity contribution < 1.29 is 9.59 Å². The molecule has 1 aliphatic heterocycles. The molecule has 7 heteroatoms. The number of thioether (sulfide) groups is 1. The van der Waals surface area contributed by atoms with Crippen LogP contribution < -0.4 is 0 Å². The van der Waals surface area contributed by atoms with Crippen LogP contribution in [0.25, 0.3) is 0 Å². The van der Waals surface area contributed by atoms with Crippen LogP contribution in [0.2, 0.25) is 0 Å². The molecule has 1 unspecified atom stereocenters. The summed E-state index contributed by atoms with van der Waals surface area (Å²) in [6, 6.07) is 0. The van der Waals surface area contributed by atoms with E-state index in [1.165, 1.54) is 40.3 Å². The number of nitrogens with zero attached hydrogens (tertiary/aromatic N) is 1. The third-order valence-corrected chi connectivity index (χ3v) is 5.94. The van der Waals surface area contributed by atoms with Gasteiger partial charge in [-0.05, 0) is 13.2 Å². The molecule has 0 radical (unpaired) electrons. The zero-order chi connectivity index (χ0) is 10.9. The van der Waals surface area contributed by atoms with E-state index in [-0.39, 0.29) is 11.8 Å². The standard InChI is InChI=1S/C7H9NO2S4/c1-4(9)8-5(10)7(2,14-12-3)13-6(8)11/h1-3H3. The van der Waals surface area contributed by atoms with E-state index in [0.717, 1.165) is 4.90 Å². The monoisotopic (exact) mass is 267 g/mol. The van der Waals surface area contributed by atoms with E-state index in [4.69, 9.17) is 12.2 Å². The Morgan fingerprint density at radius 3 is 2.57 bits per heavy atom.